The zero-order valence-corrected chi connectivity index (χ0v) is 33.4. The molecule has 0 atom stereocenters. The summed E-state index contributed by atoms with van der Waals surface area (Å²) in [4.78, 5) is 53.4. The maximum absolute atomic E-state index is 12.5. The fourth-order valence-electron chi connectivity index (χ4n) is 6.06. The van der Waals surface area contributed by atoms with Crippen LogP contribution in [0.25, 0.3) is 0 Å². The van der Waals surface area contributed by atoms with Gasteiger partial charge in [0.1, 0.15) is 0 Å². The molecule has 2 fully saturated rings. The fraction of sp³-hybridized carbons (Fsp3) is 0.412. The predicted molar refractivity (Wildman–Crippen MR) is 213 cm³/mol. The molecule has 0 unspecified atom stereocenters. The molecule has 18 nitrogen and oxygen atoms in total. The highest BCUT2D eigenvalue weighted by Crippen LogP contribution is 2.37. The van der Waals surface area contributed by atoms with Crippen molar-refractivity contribution in [3.05, 3.63) is 79.4 Å². The highest BCUT2D eigenvalue weighted by molar-refractivity contribution is 5.99. The van der Waals surface area contributed by atoms with Crippen LogP contribution in [-0.4, -0.2) is 140 Å². The molecular weight excluding hydrogens is 826 g/mol. The summed E-state index contributed by atoms with van der Waals surface area (Å²) in [5, 5.41) is 60.0. The van der Waals surface area contributed by atoms with Gasteiger partial charge >= 0.3 is 11.4 Å². The second kappa shape index (κ2) is 22.4. The van der Waals surface area contributed by atoms with E-state index in [1.807, 2.05) is 28.0 Å². The Labute approximate surface area is 346 Å². The van der Waals surface area contributed by atoms with Crippen molar-refractivity contribution in [1.29, 1.82) is 0 Å². The lowest BCUT2D eigenvalue weighted by Crippen LogP contribution is -2.47. The first-order chi connectivity index (χ1) is 24.8. The van der Waals surface area contributed by atoms with Gasteiger partial charge in [-0.15, -0.1) is 49.6 Å². The van der Waals surface area contributed by atoms with Crippen LogP contribution in [0, 0.1) is 20.2 Å². The van der Waals surface area contributed by atoms with E-state index in [1.165, 1.54) is 0 Å². The van der Waals surface area contributed by atoms with Gasteiger partial charge in [-0.3, -0.25) is 44.5 Å². The monoisotopic (exact) mass is 868 g/mol. The van der Waals surface area contributed by atoms with Gasteiger partial charge in [0.2, 0.25) is 18.3 Å². The number of nitrogens with zero attached hydrogens (tertiary/aromatic N) is 6. The van der Waals surface area contributed by atoms with Gasteiger partial charge in [0, 0.05) is 82.2 Å². The summed E-state index contributed by atoms with van der Waals surface area (Å²) >= 11 is 0. The van der Waals surface area contributed by atoms with E-state index in [-0.39, 0.29) is 92.2 Å². The highest BCUT2D eigenvalue weighted by Gasteiger charge is 2.26. The molecule has 2 saturated heterocycles. The number of phenolic OH excluding ortho intramolecular Hbond substituents is 4. The molecule has 3 aliphatic heterocycles. The number of phenols is 4. The van der Waals surface area contributed by atoms with Crippen LogP contribution in [0.3, 0.4) is 0 Å². The first-order valence-corrected chi connectivity index (χ1v) is 16.6. The predicted octanol–water partition coefficient (Wildman–Crippen LogP) is 4.25. The molecule has 0 aliphatic carbocycles. The van der Waals surface area contributed by atoms with Crippen molar-refractivity contribution in [3.8, 4) is 34.5 Å². The Morgan fingerprint density at radius 3 is 1.46 bits per heavy atom. The molecule has 3 aromatic rings. The minimum atomic E-state index is -0.839. The third kappa shape index (κ3) is 12.6. The molecule has 0 spiro atoms. The van der Waals surface area contributed by atoms with Gasteiger partial charge in [-0.2, -0.15) is 0 Å². The van der Waals surface area contributed by atoms with Crippen molar-refractivity contribution in [2.75, 3.05) is 78.8 Å². The van der Waals surface area contributed by atoms with Gasteiger partial charge in [-0.1, -0.05) is 13.0 Å². The molecular formula is C34H44Cl4N6O12. The SMILES string of the molecule is CCN1CCN(CC(=O)c2cc(O)c(O)c([N+](=O)[O-])c2)CC1.Cl.Cl.Cl.Cl.O=C(CN1CCN(Cc2ccc3c(c2)OCO3)CC1)c1cc(O)c(O)c([N+](=O)[O-])c1. The number of rotatable bonds is 11. The number of nitro groups is 2. The Bertz CT molecular complexity index is 1840. The van der Waals surface area contributed by atoms with Crippen LogP contribution < -0.4 is 9.47 Å². The number of carbonyl (C=O) groups excluding carboxylic acids is 2. The molecule has 22 heteroatoms. The second-order valence-electron chi connectivity index (χ2n) is 12.5. The molecule has 56 heavy (non-hydrogen) atoms. The van der Waals surface area contributed by atoms with Crippen LogP contribution in [-0.2, 0) is 6.54 Å². The van der Waals surface area contributed by atoms with Crippen molar-refractivity contribution in [3.63, 3.8) is 0 Å². The lowest BCUT2D eigenvalue weighted by atomic mass is 10.1. The molecule has 4 N–H and O–H groups in total. The maximum atomic E-state index is 12.5. The molecule has 0 amide bonds. The van der Waals surface area contributed by atoms with E-state index in [0.717, 1.165) is 93.7 Å². The molecule has 3 aromatic carbocycles. The van der Waals surface area contributed by atoms with E-state index in [9.17, 15) is 50.2 Å². The number of halogens is 4. The summed E-state index contributed by atoms with van der Waals surface area (Å²) in [5.41, 5.74) is -0.207. The van der Waals surface area contributed by atoms with Gasteiger partial charge in [-0.05, 0) is 36.4 Å². The van der Waals surface area contributed by atoms with Crippen molar-refractivity contribution >= 4 is 72.6 Å². The van der Waals surface area contributed by atoms with Crippen molar-refractivity contribution in [1.82, 2.24) is 19.6 Å². The van der Waals surface area contributed by atoms with E-state index in [0.29, 0.717) is 13.1 Å². The number of hydrogen-bond donors (Lipinski definition) is 4. The summed E-state index contributed by atoms with van der Waals surface area (Å²) in [7, 11) is 0. The van der Waals surface area contributed by atoms with E-state index in [2.05, 4.69) is 16.7 Å². The molecule has 0 aromatic heterocycles. The van der Waals surface area contributed by atoms with Gasteiger partial charge < -0.3 is 34.8 Å². The van der Waals surface area contributed by atoms with Crippen LogP contribution in [0.15, 0.2) is 42.5 Å². The van der Waals surface area contributed by atoms with E-state index < -0.39 is 44.2 Å². The molecule has 3 aliphatic rings. The summed E-state index contributed by atoms with van der Waals surface area (Å²) in [6, 6.07) is 10.00. The average Bonchev–Trinajstić information content (AvgIpc) is 3.59. The Balaban J connectivity index is 0.000000545. The summed E-state index contributed by atoms with van der Waals surface area (Å²) < 4.78 is 10.7. The zero-order chi connectivity index (χ0) is 37.5. The van der Waals surface area contributed by atoms with E-state index in [1.54, 1.807) is 0 Å². The third-order valence-electron chi connectivity index (χ3n) is 9.13. The van der Waals surface area contributed by atoms with E-state index >= 15 is 0 Å². The lowest BCUT2D eigenvalue weighted by molar-refractivity contribution is -0.386. The topological polar surface area (TPSA) is 233 Å². The molecule has 3 heterocycles. The van der Waals surface area contributed by atoms with Crippen LogP contribution in [0.1, 0.15) is 33.2 Å². The number of piperazine rings is 2. The number of Topliss-reactive ketones (excluding diaryl/α,β-unsaturated/α-hetero) is 2. The molecule has 0 saturated carbocycles. The molecule has 0 radical (unpaired) electrons. The smallest absolute Gasteiger partial charge is 0.315 e. The largest absolute Gasteiger partial charge is 0.504 e. The number of fused-ring (bicyclic) bond motifs is 1. The van der Waals surface area contributed by atoms with Gasteiger partial charge in [0.05, 0.1) is 22.9 Å². The standard InChI is InChI=1S/C20H21N3O7.C14H19N3O5.4ClH/c24-16-9-14(8-15(20(16)26)23(27)28)17(25)11-22-5-3-21(4-6-22)10-13-1-2-18-19(7-13)30-12-29-18;1-2-15-3-5-16(6-4-15)9-13(19)10-7-11(17(21)22)14(20)12(18)8-10;;;;/h1-2,7-9,24,26H,3-6,10-12H2;7-8,18,20H,2-6,9H2,1H3;4*1H. The Kier molecular flexibility index (Phi) is 19.8. The average molecular weight is 871 g/mol. The van der Waals surface area contributed by atoms with Crippen molar-refractivity contribution in [2.45, 2.75) is 13.5 Å². The molecule has 310 valence electrons. The quantitative estimate of drug-likeness (QED) is 0.0913. The number of likely N-dealkylation sites (N-methyl/N-ethyl adjacent to an activating group) is 1. The lowest BCUT2D eigenvalue weighted by Gasteiger charge is -2.34. The third-order valence-corrected chi connectivity index (χ3v) is 9.13. The van der Waals surface area contributed by atoms with Gasteiger partial charge in [0.25, 0.3) is 0 Å². The minimum Gasteiger partial charge on any atom is -0.504 e. The number of ether oxygens (including phenoxy) is 2. The Morgan fingerprint density at radius 2 is 1.04 bits per heavy atom. The number of hydrogen-bond acceptors (Lipinski definition) is 16. The number of carbonyl (C=O) groups is 2. The maximum Gasteiger partial charge on any atom is 0.315 e. The number of aromatic hydroxyl groups is 4. The molecule has 6 rings (SSSR count). The van der Waals surface area contributed by atoms with Crippen LogP contribution in [0.2, 0.25) is 0 Å². The van der Waals surface area contributed by atoms with E-state index in [4.69, 9.17) is 9.47 Å². The summed E-state index contributed by atoms with van der Waals surface area (Å²) in [6.45, 7) is 10.4. The minimum absolute atomic E-state index is 0. The van der Waals surface area contributed by atoms with Crippen molar-refractivity contribution in [2.24, 2.45) is 0 Å². The van der Waals surface area contributed by atoms with Crippen LogP contribution >= 0.6 is 49.6 Å². The normalized spacial score (nSPS) is 15.4. The molecule has 0 bridgehead atoms. The van der Waals surface area contributed by atoms with Crippen LogP contribution in [0.5, 0.6) is 34.5 Å². The first kappa shape index (κ1) is 49.6. The fourth-order valence-corrected chi connectivity index (χ4v) is 6.06. The summed E-state index contributed by atoms with van der Waals surface area (Å²) in [6.07, 6.45) is 0. The second-order valence-corrected chi connectivity index (χ2v) is 12.5. The Morgan fingerprint density at radius 1 is 0.625 bits per heavy atom. The van der Waals surface area contributed by atoms with Crippen LogP contribution in [0.4, 0.5) is 11.4 Å². The highest BCUT2D eigenvalue weighted by atomic mass is 35.5. The van der Waals surface area contributed by atoms with Gasteiger partial charge in [-0.25, -0.2) is 0 Å². The Hall–Kier alpha value is -4.40. The number of nitro benzene ring substituents is 2. The zero-order valence-electron chi connectivity index (χ0n) is 30.1. The van der Waals surface area contributed by atoms with Crippen molar-refractivity contribution < 1.29 is 49.3 Å². The number of benzene rings is 3. The summed E-state index contributed by atoms with van der Waals surface area (Å²) in [5.74, 6) is -2.16. The number of ketones is 2. The first-order valence-electron chi connectivity index (χ1n) is 16.6. The van der Waals surface area contributed by atoms with Gasteiger partial charge in [0.15, 0.2) is 34.6 Å².